The molecule has 0 aromatic heterocycles. The molecule has 2 aliphatic heterocycles. The third kappa shape index (κ3) is 39.8. The van der Waals surface area contributed by atoms with Crippen molar-refractivity contribution < 1.29 is 64.6 Å². The molecule has 0 spiro atoms. The number of rotatable bonds is 55. The summed E-state index contributed by atoms with van der Waals surface area (Å²) >= 11 is 0. The minimum absolute atomic E-state index is 0.210. The van der Waals surface area contributed by atoms with E-state index in [4.69, 9.17) is 18.9 Å². The zero-order valence-corrected chi connectivity index (χ0v) is 53.8. The molecule has 2 fully saturated rings. The fourth-order valence-corrected chi connectivity index (χ4v) is 10.8. The topological polar surface area (TPSA) is 228 Å². The Labute approximate surface area is 522 Å². The summed E-state index contributed by atoms with van der Waals surface area (Å²) in [5.74, 6) is -0.210. The Kier molecular flexibility index (Phi) is 51.4. The number of nitrogens with one attached hydrogen (secondary N) is 1. The van der Waals surface area contributed by atoms with Crippen molar-refractivity contribution in [3.05, 3.63) is 97.2 Å². The number of unbranched alkanes of at least 4 members (excludes halogenated alkanes) is 26. The summed E-state index contributed by atoms with van der Waals surface area (Å²) in [5, 5.41) is 87.4. The summed E-state index contributed by atoms with van der Waals surface area (Å²) < 4.78 is 22.9. The van der Waals surface area contributed by atoms with Crippen LogP contribution in [-0.4, -0.2) is 140 Å². The molecule has 14 heteroatoms. The van der Waals surface area contributed by atoms with Crippen LogP contribution in [0.1, 0.15) is 258 Å². The molecule has 0 aromatic rings. The van der Waals surface area contributed by atoms with Gasteiger partial charge in [0, 0.05) is 6.42 Å². The highest BCUT2D eigenvalue weighted by atomic mass is 16.7. The molecule has 9 N–H and O–H groups in total. The van der Waals surface area contributed by atoms with Crippen molar-refractivity contribution in [2.45, 2.75) is 331 Å². The molecule has 0 aliphatic carbocycles. The monoisotopic (exact) mass is 1210 g/mol. The van der Waals surface area contributed by atoms with E-state index in [0.29, 0.717) is 12.8 Å². The summed E-state index contributed by atoms with van der Waals surface area (Å²) in [6, 6.07) is -0.833. The molecule has 12 unspecified atom stereocenters. The van der Waals surface area contributed by atoms with Crippen LogP contribution in [0.4, 0.5) is 0 Å². The first-order valence-electron chi connectivity index (χ1n) is 34.5. The summed E-state index contributed by atoms with van der Waals surface area (Å²) in [4.78, 5) is 13.3. The van der Waals surface area contributed by atoms with E-state index < -0.39 is 86.8 Å². The molecule has 86 heavy (non-hydrogen) atoms. The fraction of sp³-hybridized carbons (Fsp3) is 0.764. The van der Waals surface area contributed by atoms with Gasteiger partial charge < -0.3 is 65.1 Å². The van der Waals surface area contributed by atoms with Gasteiger partial charge in [0.2, 0.25) is 5.91 Å². The van der Waals surface area contributed by atoms with Gasteiger partial charge in [0.1, 0.15) is 48.8 Å². The van der Waals surface area contributed by atoms with Crippen LogP contribution in [0, 0.1) is 0 Å². The molecule has 1 amide bonds. The number of hydrogen-bond donors (Lipinski definition) is 9. The van der Waals surface area contributed by atoms with E-state index in [2.05, 4.69) is 116 Å². The zero-order valence-electron chi connectivity index (χ0n) is 53.8. The second-order valence-electron chi connectivity index (χ2n) is 23.9. The first-order valence-corrected chi connectivity index (χ1v) is 34.5. The summed E-state index contributed by atoms with van der Waals surface area (Å²) in [6.45, 7) is 2.74. The molecule has 2 aliphatic rings. The summed E-state index contributed by atoms with van der Waals surface area (Å²) in [7, 11) is 0. The normalized spacial score (nSPS) is 24.0. The van der Waals surface area contributed by atoms with Gasteiger partial charge in [-0.2, -0.15) is 0 Å². The third-order valence-corrected chi connectivity index (χ3v) is 16.3. The Balaban J connectivity index is 1.59. The Morgan fingerprint density at radius 3 is 1.23 bits per heavy atom. The SMILES string of the molecule is CC/C=C\C/C=C\C/C=C\C/C=C\C/C=C\C/C=C\C/C=C\C/C=C\CCCCCCCCCCCCCCCCC(=O)NC(COC1OC(CO)C(OC2OC(CO)C(O)C(O)C2O)C(O)C1O)C(O)CCCCCCCCCCCCCCC. The van der Waals surface area contributed by atoms with Crippen molar-refractivity contribution in [2.75, 3.05) is 19.8 Å². The van der Waals surface area contributed by atoms with Gasteiger partial charge in [-0.15, -0.1) is 0 Å². The lowest BCUT2D eigenvalue weighted by molar-refractivity contribution is -0.359. The van der Waals surface area contributed by atoms with E-state index in [9.17, 15) is 45.6 Å². The second kappa shape index (κ2) is 55.9. The average Bonchev–Trinajstić information content (AvgIpc) is 2.76. The second-order valence-corrected chi connectivity index (χ2v) is 23.9. The molecular weight excluding hydrogens is 1090 g/mol. The lowest BCUT2D eigenvalue weighted by Gasteiger charge is -2.46. The largest absolute Gasteiger partial charge is 0.394 e. The van der Waals surface area contributed by atoms with Crippen LogP contribution in [0.5, 0.6) is 0 Å². The van der Waals surface area contributed by atoms with Gasteiger partial charge in [-0.25, -0.2) is 0 Å². The number of hydrogen-bond acceptors (Lipinski definition) is 13. The first-order chi connectivity index (χ1) is 42.1. The van der Waals surface area contributed by atoms with Crippen molar-refractivity contribution in [3.63, 3.8) is 0 Å². The minimum Gasteiger partial charge on any atom is -0.394 e. The Morgan fingerprint density at radius 1 is 0.430 bits per heavy atom. The van der Waals surface area contributed by atoms with Gasteiger partial charge in [-0.3, -0.25) is 4.79 Å². The average molecular weight is 1210 g/mol. The smallest absolute Gasteiger partial charge is 0.220 e. The number of amides is 1. The molecule has 2 saturated heterocycles. The highest BCUT2D eigenvalue weighted by molar-refractivity contribution is 5.76. The maximum absolute atomic E-state index is 13.3. The quantitative estimate of drug-likeness (QED) is 0.0204. The lowest BCUT2D eigenvalue weighted by Crippen LogP contribution is -2.65. The van der Waals surface area contributed by atoms with Gasteiger partial charge >= 0.3 is 0 Å². The van der Waals surface area contributed by atoms with E-state index >= 15 is 0 Å². The van der Waals surface area contributed by atoms with Crippen molar-refractivity contribution in [2.24, 2.45) is 0 Å². The number of allylic oxidation sites excluding steroid dienone is 16. The number of aliphatic hydroxyl groups excluding tert-OH is 8. The highest BCUT2D eigenvalue weighted by Gasteiger charge is 2.51. The maximum atomic E-state index is 13.3. The predicted octanol–water partition coefficient (Wildman–Crippen LogP) is 13.8. The number of ether oxygens (including phenoxy) is 4. The van der Waals surface area contributed by atoms with Gasteiger partial charge in [0.05, 0.1) is 32.0 Å². The van der Waals surface area contributed by atoms with Gasteiger partial charge in [-0.1, -0.05) is 272 Å². The molecule has 2 rings (SSSR count). The van der Waals surface area contributed by atoms with E-state index in [-0.39, 0.29) is 12.5 Å². The van der Waals surface area contributed by atoms with E-state index in [1.807, 2.05) is 0 Å². The molecule has 0 radical (unpaired) electrons. The molecule has 496 valence electrons. The van der Waals surface area contributed by atoms with Crippen LogP contribution in [0.15, 0.2) is 97.2 Å². The molecule has 14 nitrogen and oxygen atoms in total. The molecule has 0 aromatic carbocycles. The lowest BCUT2D eigenvalue weighted by atomic mass is 9.97. The van der Waals surface area contributed by atoms with Crippen LogP contribution in [0.3, 0.4) is 0 Å². The van der Waals surface area contributed by atoms with Crippen LogP contribution >= 0.6 is 0 Å². The standard InChI is InChI=1S/C72H125NO13/c1-3-5-7-9-11-13-15-17-18-19-20-21-22-23-24-25-26-27-28-29-30-31-32-33-34-35-36-37-38-39-40-41-42-44-46-48-50-52-54-56-64(77)73-60(61(76)55-53-51-49-47-45-43-16-14-12-10-8-6-4-2)59-83-71-69(82)67(80)70(63(58-75)85-71)86-72-68(81)66(79)65(78)62(57-74)84-72/h5,7,11,13,17-18,20-21,23-24,26-27,29-30,32-33,60-63,65-72,74-76,78-82H,3-4,6,8-10,12,14-16,19,22,25,28,31,34-59H2,1-2H3,(H,73,77)/b7-5-,13-11-,18-17-,21-20-,24-23-,27-26-,30-29-,33-32-. The van der Waals surface area contributed by atoms with Crippen LogP contribution in [0.25, 0.3) is 0 Å². The van der Waals surface area contributed by atoms with Gasteiger partial charge in [0.15, 0.2) is 12.6 Å². The molecule has 12 atom stereocenters. The molecular formula is C72H125NO13. The summed E-state index contributed by atoms with van der Waals surface area (Å²) in [6.07, 6.45) is 61.4. The Hall–Kier alpha value is -3.09. The van der Waals surface area contributed by atoms with E-state index in [1.165, 1.54) is 128 Å². The third-order valence-electron chi connectivity index (χ3n) is 16.3. The predicted molar refractivity (Wildman–Crippen MR) is 350 cm³/mol. The van der Waals surface area contributed by atoms with Gasteiger partial charge in [-0.05, 0) is 77.0 Å². The Morgan fingerprint density at radius 2 is 0.802 bits per heavy atom. The van der Waals surface area contributed by atoms with Crippen molar-refractivity contribution in [3.8, 4) is 0 Å². The molecule has 0 saturated carbocycles. The zero-order chi connectivity index (χ0) is 62.3. The molecule has 2 heterocycles. The molecule has 0 bridgehead atoms. The van der Waals surface area contributed by atoms with Crippen LogP contribution in [-0.2, 0) is 23.7 Å². The van der Waals surface area contributed by atoms with Crippen LogP contribution < -0.4 is 5.32 Å². The van der Waals surface area contributed by atoms with Crippen molar-refractivity contribution >= 4 is 5.91 Å². The fourth-order valence-electron chi connectivity index (χ4n) is 10.8. The van der Waals surface area contributed by atoms with E-state index in [1.54, 1.807) is 0 Å². The summed E-state index contributed by atoms with van der Waals surface area (Å²) in [5.41, 5.74) is 0. The van der Waals surface area contributed by atoms with Crippen LogP contribution in [0.2, 0.25) is 0 Å². The van der Waals surface area contributed by atoms with Crippen molar-refractivity contribution in [1.29, 1.82) is 0 Å². The van der Waals surface area contributed by atoms with Crippen molar-refractivity contribution in [1.82, 2.24) is 5.32 Å². The first kappa shape index (κ1) is 79.0. The van der Waals surface area contributed by atoms with E-state index in [0.717, 1.165) is 103 Å². The number of carbonyl (C=O) groups is 1. The highest BCUT2D eigenvalue weighted by Crippen LogP contribution is 2.30. The Bertz CT molecular complexity index is 1810. The number of carbonyl (C=O) groups excluding carboxylic acids is 1. The maximum Gasteiger partial charge on any atom is 0.220 e. The minimum atomic E-state index is -1.78. The van der Waals surface area contributed by atoms with Gasteiger partial charge in [0.25, 0.3) is 0 Å². The number of aliphatic hydroxyl groups is 8.